The van der Waals surface area contributed by atoms with Crippen LogP contribution in [0.5, 0.6) is 0 Å². The van der Waals surface area contributed by atoms with E-state index in [2.05, 4.69) is 58.0 Å². The van der Waals surface area contributed by atoms with Crippen molar-refractivity contribution in [1.29, 1.82) is 5.26 Å². The molecule has 0 fully saturated rings. The first kappa shape index (κ1) is 14.7. The van der Waals surface area contributed by atoms with Crippen molar-refractivity contribution in [1.82, 2.24) is 4.98 Å². The maximum Gasteiger partial charge on any atom is 0.123 e. The monoisotopic (exact) mass is 284 g/mol. The maximum absolute atomic E-state index is 8.99. The van der Waals surface area contributed by atoms with Crippen molar-refractivity contribution in [2.24, 2.45) is 0 Å². The number of nitrogens with zero attached hydrogens (tertiary/aromatic N) is 2. The normalized spacial score (nSPS) is 11.3. The third kappa shape index (κ3) is 3.08. The molecule has 0 bridgehead atoms. The van der Waals surface area contributed by atoms with Crippen molar-refractivity contribution < 1.29 is 0 Å². The zero-order valence-electron chi connectivity index (χ0n) is 12.5. The summed E-state index contributed by atoms with van der Waals surface area (Å²) in [7, 11) is 0. The molecule has 0 atom stereocenters. The largest absolute Gasteiger partial charge is 0.240 e. The Bertz CT molecular complexity index is 624. The van der Waals surface area contributed by atoms with Gasteiger partial charge in [0.25, 0.3) is 0 Å². The molecule has 0 saturated carbocycles. The van der Waals surface area contributed by atoms with Gasteiger partial charge in [-0.3, -0.25) is 0 Å². The molecule has 2 rings (SSSR count). The maximum atomic E-state index is 8.99. The quantitative estimate of drug-likeness (QED) is 0.816. The summed E-state index contributed by atoms with van der Waals surface area (Å²) in [5.41, 5.74) is 3.50. The second-order valence-corrected chi connectivity index (χ2v) is 7.01. The van der Waals surface area contributed by atoms with Crippen LogP contribution >= 0.6 is 11.3 Å². The average Bonchev–Trinajstić information content (AvgIpc) is 2.83. The van der Waals surface area contributed by atoms with Gasteiger partial charge in [-0.2, -0.15) is 5.26 Å². The van der Waals surface area contributed by atoms with Crippen molar-refractivity contribution in [2.75, 3.05) is 0 Å². The molecule has 0 aliphatic carbocycles. The predicted molar refractivity (Wildman–Crippen MR) is 84.9 cm³/mol. The van der Waals surface area contributed by atoms with Gasteiger partial charge in [0.15, 0.2) is 0 Å². The summed E-state index contributed by atoms with van der Waals surface area (Å²) < 4.78 is 0. The molecule has 0 aliphatic heterocycles. The van der Waals surface area contributed by atoms with Crippen LogP contribution in [0.1, 0.15) is 43.8 Å². The first-order chi connectivity index (χ1) is 9.45. The lowest BCUT2D eigenvalue weighted by Gasteiger charge is -2.16. The van der Waals surface area contributed by atoms with E-state index in [0.717, 1.165) is 27.6 Å². The van der Waals surface area contributed by atoms with Gasteiger partial charge < -0.3 is 0 Å². The van der Waals surface area contributed by atoms with Gasteiger partial charge in [0, 0.05) is 15.9 Å². The van der Waals surface area contributed by atoms with Crippen LogP contribution in [0, 0.1) is 11.3 Å². The first-order valence-electron chi connectivity index (χ1n) is 6.92. The minimum absolute atomic E-state index is 0.0235. The van der Waals surface area contributed by atoms with Crippen molar-refractivity contribution >= 4 is 11.3 Å². The number of hydrogen-bond acceptors (Lipinski definition) is 3. The molecule has 0 amide bonds. The minimum atomic E-state index is -0.0235. The number of rotatable bonds is 3. The molecule has 3 heteroatoms. The Labute approximate surface area is 125 Å². The molecule has 1 aromatic carbocycles. The SMILES string of the molecule is CCc1ccc(-c2nc(C(C)(C)C)c(CC#N)s2)cc1. The highest BCUT2D eigenvalue weighted by atomic mass is 32.1. The van der Waals surface area contributed by atoms with E-state index in [-0.39, 0.29) is 5.41 Å². The standard InChI is InChI=1S/C17H20N2S/c1-5-12-6-8-13(9-7-12)16-19-15(17(2,3)4)14(20-16)10-11-18/h6-9H,5,10H2,1-4H3. The Kier molecular flexibility index (Phi) is 4.25. The molecule has 0 radical (unpaired) electrons. The van der Waals surface area contributed by atoms with Gasteiger partial charge >= 0.3 is 0 Å². The molecule has 0 saturated heterocycles. The number of hydrogen-bond donors (Lipinski definition) is 0. The van der Waals surface area contributed by atoms with Crippen LogP contribution in [0.15, 0.2) is 24.3 Å². The van der Waals surface area contributed by atoms with Gasteiger partial charge in [-0.25, -0.2) is 4.98 Å². The van der Waals surface area contributed by atoms with Crippen LogP contribution in [0.2, 0.25) is 0 Å². The smallest absolute Gasteiger partial charge is 0.123 e. The molecule has 2 nitrogen and oxygen atoms in total. The molecule has 20 heavy (non-hydrogen) atoms. The number of nitriles is 1. The van der Waals surface area contributed by atoms with Crippen LogP contribution < -0.4 is 0 Å². The van der Waals surface area contributed by atoms with Crippen molar-refractivity contribution in [3.63, 3.8) is 0 Å². The van der Waals surface area contributed by atoms with E-state index < -0.39 is 0 Å². The van der Waals surface area contributed by atoms with Crippen molar-refractivity contribution in [3.05, 3.63) is 40.4 Å². The highest BCUT2D eigenvalue weighted by Crippen LogP contribution is 2.34. The van der Waals surface area contributed by atoms with Crippen LogP contribution in [0.25, 0.3) is 10.6 Å². The number of aryl methyl sites for hydroxylation is 1. The van der Waals surface area contributed by atoms with Gasteiger partial charge in [0.1, 0.15) is 5.01 Å². The summed E-state index contributed by atoms with van der Waals surface area (Å²) >= 11 is 1.64. The Hall–Kier alpha value is -1.66. The molecule has 104 valence electrons. The van der Waals surface area contributed by atoms with Gasteiger partial charge in [-0.15, -0.1) is 11.3 Å². The molecule has 0 spiro atoms. The second kappa shape index (κ2) is 5.76. The van der Waals surface area contributed by atoms with E-state index in [0.29, 0.717) is 6.42 Å². The number of aromatic nitrogens is 1. The fraction of sp³-hybridized carbons (Fsp3) is 0.412. The Morgan fingerprint density at radius 3 is 2.35 bits per heavy atom. The lowest BCUT2D eigenvalue weighted by Crippen LogP contribution is -2.13. The molecule has 1 aromatic heterocycles. The molecule has 2 aromatic rings. The molecule has 0 unspecified atom stereocenters. The van der Waals surface area contributed by atoms with E-state index in [9.17, 15) is 0 Å². The highest BCUT2D eigenvalue weighted by molar-refractivity contribution is 7.15. The zero-order chi connectivity index (χ0) is 14.8. The second-order valence-electron chi connectivity index (χ2n) is 5.93. The fourth-order valence-electron chi connectivity index (χ4n) is 2.14. The average molecular weight is 284 g/mol. The van der Waals surface area contributed by atoms with Gasteiger partial charge in [0.05, 0.1) is 18.2 Å². The van der Waals surface area contributed by atoms with Crippen molar-refractivity contribution in [3.8, 4) is 16.6 Å². The summed E-state index contributed by atoms with van der Waals surface area (Å²) in [6.45, 7) is 8.59. The minimum Gasteiger partial charge on any atom is -0.240 e. The van der Waals surface area contributed by atoms with E-state index in [1.165, 1.54) is 5.56 Å². The fourth-order valence-corrected chi connectivity index (χ4v) is 3.35. The summed E-state index contributed by atoms with van der Waals surface area (Å²) in [5.74, 6) is 0. The molecular weight excluding hydrogens is 264 g/mol. The zero-order valence-corrected chi connectivity index (χ0v) is 13.3. The Balaban J connectivity index is 2.44. The molecular formula is C17H20N2S. The van der Waals surface area contributed by atoms with E-state index in [4.69, 9.17) is 10.2 Å². The predicted octanol–water partition coefficient (Wildman–Crippen LogP) is 4.74. The van der Waals surface area contributed by atoms with Crippen LogP contribution in [0.3, 0.4) is 0 Å². The molecule has 0 N–H and O–H groups in total. The van der Waals surface area contributed by atoms with Gasteiger partial charge in [0.2, 0.25) is 0 Å². The van der Waals surface area contributed by atoms with E-state index in [1.54, 1.807) is 11.3 Å². The van der Waals surface area contributed by atoms with Gasteiger partial charge in [-0.05, 0) is 12.0 Å². The Morgan fingerprint density at radius 2 is 1.85 bits per heavy atom. The third-order valence-electron chi connectivity index (χ3n) is 3.26. The topological polar surface area (TPSA) is 36.7 Å². The van der Waals surface area contributed by atoms with E-state index in [1.807, 2.05) is 0 Å². The van der Waals surface area contributed by atoms with Crippen LogP contribution in [-0.2, 0) is 18.3 Å². The van der Waals surface area contributed by atoms with Crippen molar-refractivity contribution in [2.45, 2.75) is 46.0 Å². The summed E-state index contributed by atoms with van der Waals surface area (Å²) in [4.78, 5) is 5.89. The van der Waals surface area contributed by atoms with E-state index >= 15 is 0 Å². The number of benzene rings is 1. The molecule has 1 heterocycles. The summed E-state index contributed by atoms with van der Waals surface area (Å²) in [6.07, 6.45) is 1.49. The van der Waals surface area contributed by atoms with Crippen LogP contribution in [-0.4, -0.2) is 4.98 Å². The third-order valence-corrected chi connectivity index (χ3v) is 4.36. The first-order valence-corrected chi connectivity index (χ1v) is 7.73. The van der Waals surface area contributed by atoms with Crippen LogP contribution in [0.4, 0.5) is 0 Å². The summed E-state index contributed by atoms with van der Waals surface area (Å²) in [6, 6.07) is 10.8. The summed E-state index contributed by atoms with van der Waals surface area (Å²) in [5, 5.41) is 10.0. The lowest BCUT2D eigenvalue weighted by molar-refractivity contribution is 0.568. The van der Waals surface area contributed by atoms with Gasteiger partial charge in [-0.1, -0.05) is 52.0 Å². The molecule has 0 aliphatic rings. The highest BCUT2D eigenvalue weighted by Gasteiger charge is 2.23. The number of thiazole rings is 1. The lowest BCUT2D eigenvalue weighted by atomic mass is 9.91. The Morgan fingerprint density at radius 1 is 1.20 bits per heavy atom.